The van der Waals surface area contributed by atoms with Gasteiger partial charge >= 0.3 is 0 Å². The van der Waals surface area contributed by atoms with E-state index in [-0.39, 0.29) is 30.1 Å². The fourth-order valence-corrected chi connectivity index (χ4v) is 2.33. The fourth-order valence-electron chi connectivity index (χ4n) is 2.16. The number of halogens is 3. The van der Waals surface area contributed by atoms with Crippen LogP contribution >= 0.6 is 24.0 Å². The molecule has 1 aliphatic heterocycles. The lowest BCUT2D eigenvalue weighted by Crippen LogP contribution is -2.52. The van der Waals surface area contributed by atoms with Crippen LogP contribution < -0.4 is 10.6 Å². The molecule has 1 aromatic carbocycles. The maximum atomic E-state index is 13.5. The van der Waals surface area contributed by atoms with Crippen LogP contribution in [0.4, 0.5) is 4.39 Å². The number of hydrogen-bond donors (Lipinski definition) is 2. The minimum absolute atomic E-state index is 0. The van der Waals surface area contributed by atoms with Crippen molar-refractivity contribution in [1.29, 1.82) is 0 Å². The van der Waals surface area contributed by atoms with Crippen molar-refractivity contribution in [2.24, 2.45) is 0 Å². The number of nitrogens with one attached hydrogen (secondary N) is 2. The predicted octanol–water partition coefficient (Wildman–Crippen LogP) is 2.77. The predicted molar refractivity (Wildman–Crippen MR) is 76.6 cm³/mol. The maximum Gasteiger partial charge on any atom is 0.254 e. The van der Waals surface area contributed by atoms with Gasteiger partial charge in [-0.3, -0.25) is 4.79 Å². The molecule has 2 atom stereocenters. The van der Waals surface area contributed by atoms with Crippen molar-refractivity contribution in [3.05, 3.63) is 34.6 Å². The molecule has 1 fully saturated rings. The Bertz CT molecular complexity index is 456. The van der Waals surface area contributed by atoms with E-state index < -0.39 is 11.7 Å². The lowest BCUT2D eigenvalue weighted by molar-refractivity contribution is 0.0915. The highest BCUT2D eigenvalue weighted by molar-refractivity contribution is 6.31. The standard InChI is InChI=1S/C13H16ClFN2O.ClH/c1-8-12(3-2-6-16-8)17-13(18)10-7-9(14)4-5-11(10)15;/h4-5,7-8,12,16H,2-3,6H2,1H3,(H,17,18);1H. The number of amides is 1. The maximum absolute atomic E-state index is 13.5. The van der Waals surface area contributed by atoms with Gasteiger partial charge in [-0.1, -0.05) is 11.6 Å². The van der Waals surface area contributed by atoms with E-state index in [1.807, 2.05) is 6.92 Å². The minimum atomic E-state index is -0.548. The zero-order valence-corrected chi connectivity index (χ0v) is 12.2. The Balaban J connectivity index is 0.00000180. The summed E-state index contributed by atoms with van der Waals surface area (Å²) < 4.78 is 13.5. The van der Waals surface area contributed by atoms with Crippen LogP contribution in [-0.4, -0.2) is 24.5 Å². The molecule has 106 valence electrons. The van der Waals surface area contributed by atoms with Gasteiger partial charge in [-0.05, 0) is 44.5 Å². The Morgan fingerprint density at radius 3 is 2.95 bits per heavy atom. The van der Waals surface area contributed by atoms with Crippen molar-refractivity contribution in [2.75, 3.05) is 6.54 Å². The average Bonchev–Trinajstić information content (AvgIpc) is 2.35. The van der Waals surface area contributed by atoms with E-state index >= 15 is 0 Å². The third-order valence-corrected chi connectivity index (χ3v) is 3.49. The number of hydrogen-bond acceptors (Lipinski definition) is 2. The van der Waals surface area contributed by atoms with Gasteiger partial charge in [0.15, 0.2) is 0 Å². The summed E-state index contributed by atoms with van der Waals surface area (Å²) in [5, 5.41) is 6.49. The van der Waals surface area contributed by atoms with Crippen molar-refractivity contribution < 1.29 is 9.18 Å². The van der Waals surface area contributed by atoms with Crippen molar-refractivity contribution in [3.63, 3.8) is 0 Å². The molecule has 0 aliphatic carbocycles. The highest BCUT2D eigenvalue weighted by Gasteiger charge is 2.23. The molecule has 0 aromatic heterocycles. The lowest BCUT2D eigenvalue weighted by Gasteiger charge is -2.30. The van der Waals surface area contributed by atoms with E-state index in [1.54, 1.807) is 0 Å². The SMILES string of the molecule is CC1NCCCC1NC(=O)c1cc(Cl)ccc1F.Cl. The van der Waals surface area contributed by atoms with Gasteiger partial charge in [0, 0.05) is 17.1 Å². The summed E-state index contributed by atoms with van der Waals surface area (Å²) in [5.41, 5.74) is 0.000253. The first-order valence-corrected chi connectivity index (χ1v) is 6.45. The summed E-state index contributed by atoms with van der Waals surface area (Å²) in [7, 11) is 0. The van der Waals surface area contributed by atoms with Crippen LogP contribution in [0.3, 0.4) is 0 Å². The lowest BCUT2D eigenvalue weighted by atomic mass is 9.99. The minimum Gasteiger partial charge on any atom is -0.348 e. The summed E-state index contributed by atoms with van der Waals surface area (Å²) >= 11 is 5.77. The van der Waals surface area contributed by atoms with Gasteiger partial charge in [-0.25, -0.2) is 4.39 Å². The van der Waals surface area contributed by atoms with Crippen molar-refractivity contribution in [2.45, 2.75) is 31.8 Å². The molecule has 1 heterocycles. The van der Waals surface area contributed by atoms with Crippen LogP contribution in [0.5, 0.6) is 0 Å². The van der Waals surface area contributed by atoms with E-state index in [9.17, 15) is 9.18 Å². The quantitative estimate of drug-likeness (QED) is 0.882. The average molecular weight is 307 g/mol. The van der Waals surface area contributed by atoms with Crippen LogP contribution in [-0.2, 0) is 0 Å². The molecule has 0 saturated carbocycles. The molecule has 1 aliphatic rings. The molecule has 6 heteroatoms. The molecule has 1 aromatic rings. The largest absolute Gasteiger partial charge is 0.348 e. The molecule has 0 bridgehead atoms. The number of piperidine rings is 1. The van der Waals surface area contributed by atoms with E-state index in [1.165, 1.54) is 18.2 Å². The van der Waals surface area contributed by atoms with E-state index in [0.717, 1.165) is 19.4 Å². The molecule has 2 rings (SSSR count). The summed E-state index contributed by atoms with van der Waals surface area (Å²) in [6.45, 7) is 2.97. The van der Waals surface area contributed by atoms with E-state index in [2.05, 4.69) is 10.6 Å². The van der Waals surface area contributed by atoms with Crippen LogP contribution in [0.1, 0.15) is 30.1 Å². The second-order valence-corrected chi connectivity index (χ2v) is 5.03. The first-order valence-electron chi connectivity index (χ1n) is 6.07. The highest BCUT2D eigenvalue weighted by atomic mass is 35.5. The van der Waals surface area contributed by atoms with Crippen LogP contribution in [0.15, 0.2) is 18.2 Å². The Labute approximate surface area is 123 Å². The summed E-state index contributed by atoms with van der Waals surface area (Å²) in [4.78, 5) is 12.0. The van der Waals surface area contributed by atoms with E-state index in [0.29, 0.717) is 5.02 Å². The zero-order valence-electron chi connectivity index (χ0n) is 10.6. The van der Waals surface area contributed by atoms with Gasteiger partial charge in [0.2, 0.25) is 0 Å². The van der Waals surface area contributed by atoms with Gasteiger partial charge in [0.1, 0.15) is 5.82 Å². The normalized spacial score (nSPS) is 22.5. The number of carbonyl (C=O) groups is 1. The molecule has 1 amide bonds. The summed E-state index contributed by atoms with van der Waals surface area (Å²) in [5.74, 6) is -0.955. The van der Waals surface area contributed by atoms with Crippen LogP contribution in [0.2, 0.25) is 5.02 Å². The molecule has 0 spiro atoms. The molecular weight excluding hydrogens is 290 g/mol. The first kappa shape index (κ1) is 16.2. The monoisotopic (exact) mass is 306 g/mol. The highest BCUT2D eigenvalue weighted by Crippen LogP contribution is 2.16. The first-order chi connectivity index (χ1) is 8.58. The fraction of sp³-hybridized carbons (Fsp3) is 0.462. The Morgan fingerprint density at radius 1 is 1.53 bits per heavy atom. The second kappa shape index (κ2) is 7.08. The van der Waals surface area contributed by atoms with Gasteiger partial charge in [0.05, 0.1) is 5.56 Å². The Hall–Kier alpha value is -0.840. The topological polar surface area (TPSA) is 41.1 Å². The smallest absolute Gasteiger partial charge is 0.254 e. The number of carbonyl (C=O) groups excluding carboxylic acids is 1. The Morgan fingerprint density at radius 2 is 2.26 bits per heavy atom. The van der Waals surface area contributed by atoms with Gasteiger partial charge in [-0.15, -0.1) is 12.4 Å². The zero-order chi connectivity index (χ0) is 13.1. The number of benzene rings is 1. The Kier molecular flexibility index (Phi) is 6.04. The molecule has 0 radical (unpaired) electrons. The van der Waals surface area contributed by atoms with E-state index in [4.69, 9.17) is 11.6 Å². The third kappa shape index (κ3) is 4.06. The summed E-state index contributed by atoms with van der Waals surface area (Å²) in [6.07, 6.45) is 1.91. The van der Waals surface area contributed by atoms with Gasteiger partial charge in [0.25, 0.3) is 5.91 Å². The molecule has 19 heavy (non-hydrogen) atoms. The molecular formula is C13H17Cl2FN2O. The summed E-state index contributed by atoms with van der Waals surface area (Å²) in [6, 6.07) is 4.22. The molecule has 1 saturated heterocycles. The molecule has 2 N–H and O–H groups in total. The second-order valence-electron chi connectivity index (χ2n) is 4.59. The van der Waals surface area contributed by atoms with Gasteiger partial charge < -0.3 is 10.6 Å². The van der Waals surface area contributed by atoms with Crippen molar-refractivity contribution in [1.82, 2.24) is 10.6 Å². The van der Waals surface area contributed by atoms with Crippen LogP contribution in [0, 0.1) is 5.82 Å². The third-order valence-electron chi connectivity index (χ3n) is 3.25. The van der Waals surface area contributed by atoms with Gasteiger partial charge in [-0.2, -0.15) is 0 Å². The van der Waals surface area contributed by atoms with Crippen LogP contribution in [0.25, 0.3) is 0 Å². The number of rotatable bonds is 2. The molecule has 2 unspecified atom stereocenters. The van der Waals surface area contributed by atoms with Crippen molar-refractivity contribution >= 4 is 29.9 Å². The van der Waals surface area contributed by atoms with Crippen molar-refractivity contribution in [3.8, 4) is 0 Å². The molecule has 3 nitrogen and oxygen atoms in total.